The highest BCUT2D eigenvalue weighted by Crippen LogP contribution is 2.18. The first-order valence-electron chi connectivity index (χ1n) is 8.03. The third-order valence-corrected chi connectivity index (χ3v) is 5.93. The second-order valence-corrected chi connectivity index (χ2v) is 8.56. The van der Waals surface area contributed by atoms with Crippen LogP contribution in [-0.4, -0.2) is 31.9 Å². The lowest BCUT2D eigenvalue weighted by molar-refractivity contribution is -0.132. The SMILES string of the molecule is O=S(NCCC(F)(F)F)c1ccc(C#CCNS(=O)(=O)c2ccccc2)cc1. The number of rotatable bonds is 7. The average Bonchev–Trinajstić information content (AvgIpc) is 2.65. The van der Waals surface area contributed by atoms with Gasteiger partial charge in [-0.05, 0) is 36.4 Å². The van der Waals surface area contributed by atoms with E-state index < -0.39 is 40.2 Å². The molecule has 0 saturated carbocycles. The molecule has 0 radical (unpaired) electrons. The third kappa shape index (κ3) is 7.44. The molecule has 2 rings (SSSR count). The Hall–Kier alpha value is -2.19. The molecule has 1 unspecified atom stereocenters. The van der Waals surface area contributed by atoms with Gasteiger partial charge >= 0.3 is 6.18 Å². The number of alkyl halides is 3. The monoisotopic (exact) mass is 430 g/mol. The lowest BCUT2D eigenvalue weighted by Gasteiger charge is -2.07. The minimum Gasteiger partial charge on any atom is -0.238 e. The van der Waals surface area contributed by atoms with E-state index in [2.05, 4.69) is 21.3 Å². The van der Waals surface area contributed by atoms with Gasteiger partial charge in [-0.25, -0.2) is 17.3 Å². The summed E-state index contributed by atoms with van der Waals surface area (Å²) in [7, 11) is -5.39. The molecule has 5 nitrogen and oxygen atoms in total. The molecule has 28 heavy (non-hydrogen) atoms. The van der Waals surface area contributed by atoms with E-state index in [1.54, 1.807) is 30.3 Å². The van der Waals surface area contributed by atoms with Crippen molar-refractivity contribution in [1.29, 1.82) is 0 Å². The van der Waals surface area contributed by atoms with Crippen molar-refractivity contribution in [3.05, 3.63) is 60.2 Å². The van der Waals surface area contributed by atoms with Crippen molar-refractivity contribution in [2.45, 2.75) is 22.4 Å². The van der Waals surface area contributed by atoms with E-state index in [1.807, 2.05) is 0 Å². The van der Waals surface area contributed by atoms with Crippen LogP contribution in [0.25, 0.3) is 0 Å². The van der Waals surface area contributed by atoms with Crippen LogP contribution in [-0.2, 0) is 21.0 Å². The Morgan fingerprint density at radius 2 is 1.64 bits per heavy atom. The van der Waals surface area contributed by atoms with E-state index in [0.29, 0.717) is 10.5 Å². The summed E-state index contributed by atoms with van der Waals surface area (Å²) < 4.78 is 76.8. The number of benzene rings is 2. The van der Waals surface area contributed by atoms with Crippen LogP contribution in [0.2, 0.25) is 0 Å². The lowest BCUT2D eigenvalue weighted by Crippen LogP contribution is -2.24. The summed E-state index contributed by atoms with van der Waals surface area (Å²) in [6, 6.07) is 13.9. The summed E-state index contributed by atoms with van der Waals surface area (Å²) in [6.07, 6.45) is -5.38. The maximum Gasteiger partial charge on any atom is 0.390 e. The Kier molecular flexibility index (Phi) is 7.77. The summed E-state index contributed by atoms with van der Waals surface area (Å²) in [6.45, 7) is -0.539. The molecule has 0 heterocycles. The highest BCUT2D eigenvalue weighted by atomic mass is 32.2. The van der Waals surface area contributed by atoms with Crippen LogP contribution < -0.4 is 9.44 Å². The van der Waals surface area contributed by atoms with Crippen molar-refractivity contribution in [2.24, 2.45) is 0 Å². The van der Waals surface area contributed by atoms with Gasteiger partial charge in [0.15, 0.2) is 0 Å². The predicted octanol–water partition coefficient (Wildman–Crippen LogP) is 2.58. The fourth-order valence-corrected chi connectivity index (χ4v) is 3.77. The average molecular weight is 430 g/mol. The Bertz CT molecular complexity index is 965. The van der Waals surface area contributed by atoms with Crippen molar-refractivity contribution in [1.82, 2.24) is 9.44 Å². The molecule has 0 aliphatic rings. The molecule has 2 aromatic carbocycles. The van der Waals surface area contributed by atoms with Gasteiger partial charge in [0.2, 0.25) is 10.0 Å². The van der Waals surface area contributed by atoms with E-state index in [4.69, 9.17) is 0 Å². The van der Waals surface area contributed by atoms with Gasteiger partial charge in [0, 0.05) is 12.1 Å². The normalized spacial score (nSPS) is 12.8. The Balaban J connectivity index is 1.87. The van der Waals surface area contributed by atoms with Gasteiger partial charge < -0.3 is 0 Å². The van der Waals surface area contributed by atoms with E-state index in [1.165, 1.54) is 24.3 Å². The molecule has 0 saturated heterocycles. The lowest BCUT2D eigenvalue weighted by atomic mass is 10.2. The van der Waals surface area contributed by atoms with Crippen LogP contribution in [0.4, 0.5) is 13.2 Å². The minimum atomic E-state index is -4.31. The summed E-state index contributed by atoms with van der Waals surface area (Å²) in [5.74, 6) is 5.42. The van der Waals surface area contributed by atoms with Crippen LogP contribution in [0, 0.1) is 11.8 Å². The zero-order chi connectivity index (χ0) is 20.6. The highest BCUT2D eigenvalue weighted by Gasteiger charge is 2.26. The molecule has 2 aromatic rings. The number of halogens is 3. The van der Waals surface area contributed by atoms with E-state index >= 15 is 0 Å². The molecule has 0 aromatic heterocycles. The molecule has 2 N–H and O–H groups in total. The van der Waals surface area contributed by atoms with Crippen molar-refractivity contribution < 1.29 is 25.8 Å². The molecule has 0 spiro atoms. The van der Waals surface area contributed by atoms with Crippen LogP contribution in [0.15, 0.2) is 64.4 Å². The topological polar surface area (TPSA) is 75.3 Å². The molecule has 1 atom stereocenters. The minimum absolute atomic E-state index is 0.0933. The maximum atomic E-state index is 12.1. The van der Waals surface area contributed by atoms with Crippen molar-refractivity contribution in [2.75, 3.05) is 13.1 Å². The van der Waals surface area contributed by atoms with Gasteiger partial charge in [-0.2, -0.15) is 17.9 Å². The largest absolute Gasteiger partial charge is 0.390 e. The summed E-state index contributed by atoms with van der Waals surface area (Å²) in [5.41, 5.74) is 0.551. The molecule has 10 heteroatoms. The van der Waals surface area contributed by atoms with Crippen LogP contribution in [0.5, 0.6) is 0 Å². The van der Waals surface area contributed by atoms with Gasteiger partial charge in [-0.3, -0.25) is 0 Å². The van der Waals surface area contributed by atoms with Gasteiger partial charge in [0.1, 0.15) is 11.0 Å². The quantitative estimate of drug-likeness (QED) is 0.663. The number of hydrogen-bond acceptors (Lipinski definition) is 3. The Morgan fingerprint density at radius 3 is 2.25 bits per heavy atom. The summed E-state index contributed by atoms with van der Waals surface area (Å²) in [4.78, 5) is 0.458. The fraction of sp³-hybridized carbons (Fsp3) is 0.222. The van der Waals surface area contributed by atoms with E-state index in [9.17, 15) is 25.8 Å². The molecular weight excluding hydrogens is 413 g/mol. The Labute approximate surface area is 164 Å². The first-order chi connectivity index (χ1) is 13.2. The van der Waals surface area contributed by atoms with Gasteiger partial charge in [0.05, 0.1) is 22.8 Å². The smallest absolute Gasteiger partial charge is 0.238 e. The van der Waals surface area contributed by atoms with Crippen molar-refractivity contribution in [3.8, 4) is 11.8 Å². The van der Waals surface area contributed by atoms with Crippen molar-refractivity contribution in [3.63, 3.8) is 0 Å². The first kappa shape index (κ1) is 22.1. The zero-order valence-electron chi connectivity index (χ0n) is 14.5. The van der Waals surface area contributed by atoms with Crippen LogP contribution in [0.1, 0.15) is 12.0 Å². The van der Waals surface area contributed by atoms with E-state index in [0.717, 1.165) is 0 Å². The zero-order valence-corrected chi connectivity index (χ0v) is 16.1. The first-order valence-corrected chi connectivity index (χ1v) is 10.7. The number of sulfonamides is 1. The standard InChI is InChI=1S/C18H17F3N2O3S2/c19-18(20,21)12-14-22-27(24)16-10-8-15(9-11-16)5-4-13-23-28(25,26)17-6-2-1-3-7-17/h1-3,6-11,22-23H,12-14H2. The van der Waals surface area contributed by atoms with Gasteiger partial charge in [-0.15, -0.1) is 0 Å². The highest BCUT2D eigenvalue weighted by molar-refractivity contribution is 7.89. The van der Waals surface area contributed by atoms with Crippen LogP contribution in [0.3, 0.4) is 0 Å². The Morgan fingerprint density at radius 1 is 1.00 bits per heavy atom. The second-order valence-electron chi connectivity index (χ2n) is 5.49. The van der Waals surface area contributed by atoms with Crippen LogP contribution >= 0.6 is 0 Å². The number of nitrogens with one attached hydrogen (secondary N) is 2. The molecule has 0 bridgehead atoms. The summed E-state index contributed by atoms with van der Waals surface area (Å²) in [5, 5.41) is 0. The maximum absolute atomic E-state index is 12.1. The molecule has 0 aliphatic heterocycles. The number of hydrogen-bond donors (Lipinski definition) is 2. The predicted molar refractivity (Wildman–Crippen MR) is 100 cm³/mol. The summed E-state index contributed by atoms with van der Waals surface area (Å²) >= 11 is 0. The fourth-order valence-electron chi connectivity index (χ4n) is 1.99. The molecule has 0 fully saturated rings. The molecule has 0 aliphatic carbocycles. The van der Waals surface area contributed by atoms with E-state index in [-0.39, 0.29) is 11.4 Å². The van der Waals surface area contributed by atoms with Gasteiger partial charge in [-0.1, -0.05) is 30.0 Å². The molecule has 0 amide bonds. The second kappa shape index (κ2) is 9.84. The third-order valence-electron chi connectivity index (χ3n) is 3.35. The molecular formula is C18H17F3N2O3S2. The molecule has 150 valence electrons. The van der Waals surface area contributed by atoms with Crippen molar-refractivity contribution >= 4 is 21.0 Å². The van der Waals surface area contributed by atoms with Gasteiger partial charge in [0.25, 0.3) is 0 Å².